The van der Waals surface area contributed by atoms with Crippen molar-refractivity contribution < 1.29 is 22.4 Å². The van der Waals surface area contributed by atoms with E-state index in [0.717, 1.165) is 12.5 Å². The van der Waals surface area contributed by atoms with Crippen LogP contribution in [0.3, 0.4) is 0 Å². The molecule has 0 saturated heterocycles. The number of ketones is 1. The monoisotopic (exact) mass is 264 g/mol. The summed E-state index contributed by atoms with van der Waals surface area (Å²) in [5.41, 5.74) is -1.21. The number of carbonyl (C=O) groups excluding carboxylic acids is 1. The first-order valence-electron chi connectivity index (χ1n) is 5.96. The van der Waals surface area contributed by atoms with Crippen molar-refractivity contribution >= 4 is 5.78 Å². The van der Waals surface area contributed by atoms with Crippen LogP contribution >= 0.6 is 0 Å². The maximum atomic E-state index is 13.4. The fourth-order valence-electron chi connectivity index (χ4n) is 2.10. The van der Waals surface area contributed by atoms with Gasteiger partial charge in [0.05, 0.1) is 5.57 Å². The highest BCUT2D eigenvalue weighted by Crippen LogP contribution is 2.35. The molecule has 1 aliphatic rings. The summed E-state index contributed by atoms with van der Waals surface area (Å²) in [7, 11) is 0. The van der Waals surface area contributed by atoms with E-state index in [1.54, 1.807) is 6.92 Å². The average Bonchev–Trinajstić information content (AvgIpc) is 2.26. The minimum Gasteiger partial charge on any atom is -0.299 e. The number of alkyl halides is 2. The fourth-order valence-corrected chi connectivity index (χ4v) is 2.10. The lowest BCUT2D eigenvalue weighted by atomic mass is 9.85. The van der Waals surface area contributed by atoms with Crippen LogP contribution in [0.1, 0.15) is 33.1 Å². The predicted molar refractivity (Wildman–Crippen MR) is 60.5 cm³/mol. The Hall–Kier alpha value is -1.13. The number of allylic oxidation sites excluding steroid dienone is 4. The number of Topliss-reactive ketones (excluding diaryl/α,β-unsaturated/α-hetero) is 1. The van der Waals surface area contributed by atoms with Crippen LogP contribution < -0.4 is 0 Å². The van der Waals surface area contributed by atoms with Crippen LogP contribution in [0.25, 0.3) is 0 Å². The Bertz CT molecular complexity index is 384. The summed E-state index contributed by atoms with van der Waals surface area (Å²) in [6.45, 7) is 3.58. The Morgan fingerprint density at radius 2 is 2.06 bits per heavy atom. The minimum absolute atomic E-state index is 0.296. The zero-order valence-electron chi connectivity index (χ0n) is 10.4. The van der Waals surface area contributed by atoms with E-state index in [-0.39, 0.29) is 11.7 Å². The van der Waals surface area contributed by atoms with Gasteiger partial charge in [-0.1, -0.05) is 20.3 Å². The van der Waals surface area contributed by atoms with E-state index in [2.05, 4.69) is 0 Å². The van der Waals surface area contributed by atoms with Crippen molar-refractivity contribution in [3.05, 3.63) is 23.3 Å². The number of hydrogen-bond acceptors (Lipinski definition) is 1. The van der Waals surface area contributed by atoms with Crippen molar-refractivity contribution in [2.45, 2.75) is 39.5 Å². The molecule has 0 heterocycles. The molecule has 0 amide bonds. The SMILES string of the molecule is CCCC(C)C(=O)[C@@H]1C=C(F)C(C(F)F)=C(F)C1. The van der Waals surface area contributed by atoms with Gasteiger partial charge in [0.15, 0.2) is 0 Å². The second-order valence-corrected chi connectivity index (χ2v) is 4.54. The lowest BCUT2D eigenvalue weighted by Crippen LogP contribution is -2.23. The molecule has 0 saturated carbocycles. The van der Waals surface area contributed by atoms with Gasteiger partial charge in [0.1, 0.15) is 17.4 Å². The van der Waals surface area contributed by atoms with Gasteiger partial charge in [-0.15, -0.1) is 0 Å². The van der Waals surface area contributed by atoms with E-state index in [4.69, 9.17) is 0 Å². The largest absolute Gasteiger partial charge is 0.299 e. The molecule has 0 bridgehead atoms. The molecule has 0 N–H and O–H groups in total. The van der Waals surface area contributed by atoms with Crippen molar-refractivity contribution in [3.8, 4) is 0 Å². The Kier molecular flexibility index (Phi) is 5.11. The highest BCUT2D eigenvalue weighted by Gasteiger charge is 2.32. The predicted octanol–water partition coefficient (Wildman–Crippen LogP) is 4.35. The summed E-state index contributed by atoms with van der Waals surface area (Å²) < 4.78 is 51.4. The topological polar surface area (TPSA) is 17.1 Å². The van der Waals surface area contributed by atoms with Crippen LogP contribution in [0.5, 0.6) is 0 Å². The minimum atomic E-state index is -3.19. The standard InChI is InChI=1S/C13H16F4O/c1-3-4-7(2)12(18)8-5-9(14)11(13(16)17)10(15)6-8/h5,7-8,13H,3-4,6H2,1-2H3/t7?,8-/m1/s1. The summed E-state index contributed by atoms with van der Waals surface area (Å²) in [4.78, 5) is 11.9. The normalized spacial score (nSPS) is 22.2. The third-order valence-corrected chi connectivity index (χ3v) is 3.09. The maximum Gasteiger partial charge on any atom is 0.269 e. The zero-order valence-corrected chi connectivity index (χ0v) is 10.4. The van der Waals surface area contributed by atoms with Crippen molar-refractivity contribution in [3.63, 3.8) is 0 Å². The molecule has 0 aliphatic heterocycles. The van der Waals surface area contributed by atoms with E-state index < -0.39 is 36.0 Å². The molecule has 1 nitrogen and oxygen atoms in total. The van der Waals surface area contributed by atoms with E-state index >= 15 is 0 Å². The van der Waals surface area contributed by atoms with E-state index in [1.165, 1.54) is 0 Å². The molecule has 0 aromatic carbocycles. The maximum absolute atomic E-state index is 13.4. The molecule has 0 radical (unpaired) electrons. The molecule has 0 spiro atoms. The molecule has 1 unspecified atom stereocenters. The van der Waals surface area contributed by atoms with Gasteiger partial charge in [0.2, 0.25) is 0 Å². The first kappa shape index (κ1) is 14.9. The van der Waals surface area contributed by atoms with Crippen LogP contribution in [0.4, 0.5) is 17.6 Å². The Morgan fingerprint density at radius 3 is 2.50 bits per heavy atom. The molecule has 1 rings (SSSR count). The summed E-state index contributed by atoms with van der Waals surface area (Å²) in [6, 6.07) is 0. The quantitative estimate of drug-likeness (QED) is 0.674. The van der Waals surface area contributed by atoms with Crippen molar-refractivity contribution in [1.82, 2.24) is 0 Å². The highest BCUT2D eigenvalue weighted by molar-refractivity contribution is 5.85. The Balaban J connectivity index is 2.85. The molecular formula is C13H16F4O. The van der Waals surface area contributed by atoms with Crippen molar-refractivity contribution in [2.75, 3.05) is 0 Å². The van der Waals surface area contributed by atoms with E-state index in [1.807, 2.05) is 6.92 Å². The van der Waals surface area contributed by atoms with Gasteiger partial charge in [-0.3, -0.25) is 4.79 Å². The third kappa shape index (κ3) is 3.21. The number of carbonyl (C=O) groups is 1. The van der Waals surface area contributed by atoms with Gasteiger partial charge >= 0.3 is 0 Å². The highest BCUT2D eigenvalue weighted by atomic mass is 19.3. The fraction of sp³-hybridized carbons (Fsp3) is 0.615. The number of hydrogen-bond donors (Lipinski definition) is 0. The van der Waals surface area contributed by atoms with Gasteiger partial charge in [0, 0.05) is 18.3 Å². The first-order chi connectivity index (χ1) is 8.38. The first-order valence-corrected chi connectivity index (χ1v) is 5.96. The van der Waals surface area contributed by atoms with Gasteiger partial charge in [-0.2, -0.15) is 0 Å². The lowest BCUT2D eigenvalue weighted by Gasteiger charge is -2.21. The van der Waals surface area contributed by atoms with E-state index in [0.29, 0.717) is 6.42 Å². The number of halogens is 4. The van der Waals surface area contributed by atoms with Crippen molar-refractivity contribution in [2.24, 2.45) is 11.8 Å². The second-order valence-electron chi connectivity index (χ2n) is 4.54. The van der Waals surface area contributed by atoms with Gasteiger partial charge in [0.25, 0.3) is 6.43 Å². The summed E-state index contributed by atoms with van der Waals surface area (Å²) in [5, 5.41) is 0. The molecule has 0 aromatic rings. The van der Waals surface area contributed by atoms with Crippen LogP contribution in [0.15, 0.2) is 23.3 Å². The molecule has 1 aliphatic carbocycles. The zero-order chi connectivity index (χ0) is 13.9. The molecule has 5 heteroatoms. The van der Waals surface area contributed by atoms with Crippen LogP contribution in [0, 0.1) is 11.8 Å². The van der Waals surface area contributed by atoms with Crippen LogP contribution in [-0.2, 0) is 4.79 Å². The Labute approximate surface area is 104 Å². The second kappa shape index (κ2) is 6.16. The molecule has 2 atom stereocenters. The molecular weight excluding hydrogens is 248 g/mol. The lowest BCUT2D eigenvalue weighted by molar-refractivity contribution is -0.125. The van der Waals surface area contributed by atoms with Crippen LogP contribution in [0.2, 0.25) is 0 Å². The van der Waals surface area contributed by atoms with Gasteiger partial charge < -0.3 is 0 Å². The molecule has 18 heavy (non-hydrogen) atoms. The summed E-state index contributed by atoms with van der Waals surface area (Å²) in [5.74, 6) is -4.10. The smallest absolute Gasteiger partial charge is 0.269 e. The molecule has 0 fully saturated rings. The molecule has 102 valence electrons. The summed E-state index contributed by atoms with van der Waals surface area (Å²) in [6.07, 6.45) is -1.42. The van der Waals surface area contributed by atoms with Crippen molar-refractivity contribution in [1.29, 1.82) is 0 Å². The molecule has 0 aromatic heterocycles. The Morgan fingerprint density at radius 1 is 1.44 bits per heavy atom. The van der Waals surface area contributed by atoms with E-state index in [9.17, 15) is 22.4 Å². The van der Waals surface area contributed by atoms with Gasteiger partial charge in [-0.05, 0) is 12.5 Å². The number of rotatable bonds is 5. The average molecular weight is 264 g/mol. The summed E-state index contributed by atoms with van der Waals surface area (Å²) >= 11 is 0. The third-order valence-electron chi connectivity index (χ3n) is 3.09. The van der Waals surface area contributed by atoms with Crippen LogP contribution in [-0.4, -0.2) is 12.2 Å². The van der Waals surface area contributed by atoms with Gasteiger partial charge in [-0.25, -0.2) is 17.6 Å².